The normalized spacial score (nSPS) is 74.2. The maximum Gasteiger partial charge on any atom is 0.0132 e. The van der Waals surface area contributed by atoms with Gasteiger partial charge in [-0.1, -0.05) is 0 Å². The molecule has 18 heavy (non-hydrogen) atoms. The van der Waals surface area contributed by atoms with Crippen molar-refractivity contribution in [2.75, 3.05) is 0 Å². The van der Waals surface area contributed by atoms with E-state index < -0.39 is 0 Å². The van der Waals surface area contributed by atoms with Crippen LogP contribution in [0.4, 0.5) is 0 Å². The number of fused-ring (bicyclic) bond motifs is 4. The highest BCUT2D eigenvalue weighted by atomic mass is 15.0. The summed E-state index contributed by atoms with van der Waals surface area (Å²) in [5, 5.41) is 4.15. The van der Waals surface area contributed by atoms with Crippen molar-refractivity contribution in [3.05, 3.63) is 0 Å². The van der Waals surface area contributed by atoms with Crippen molar-refractivity contribution in [1.82, 2.24) is 5.32 Å². The zero-order valence-electron chi connectivity index (χ0n) is 11.4. The van der Waals surface area contributed by atoms with Crippen LogP contribution in [0.25, 0.3) is 0 Å². The van der Waals surface area contributed by atoms with Crippen LogP contribution in [-0.4, -0.2) is 12.1 Å². The molecule has 1 N–H and O–H groups in total. The molecule has 1 heteroatoms. The molecule has 0 aromatic carbocycles. The van der Waals surface area contributed by atoms with E-state index in [1.165, 1.54) is 23.7 Å². The van der Waals surface area contributed by atoms with Gasteiger partial charge < -0.3 is 5.32 Å². The molecule has 0 radical (unpaired) electrons. The van der Waals surface area contributed by atoms with Gasteiger partial charge in [0.05, 0.1) is 0 Å². The molecule has 0 aromatic rings. The fraction of sp³-hybridized carbons (Fsp3) is 1.00. The first-order valence-corrected chi connectivity index (χ1v) is 8.59. The largest absolute Gasteiger partial charge is 0.311 e. The fourth-order valence-corrected chi connectivity index (χ4v) is 7.54. The lowest BCUT2D eigenvalue weighted by Crippen LogP contribution is -2.55. The van der Waals surface area contributed by atoms with E-state index in [9.17, 15) is 0 Å². The molecule has 7 aliphatic rings. The zero-order chi connectivity index (χ0) is 11.6. The quantitative estimate of drug-likeness (QED) is 0.746. The Morgan fingerprint density at radius 1 is 0.722 bits per heavy atom. The van der Waals surface area contributed by atoms with E-state index in [1.807, 2.05) is 0 Å². The topological polar surface area (TPSA) is 12.0 Å². The minimum atomic E-state index is 0.836. The van der Waals surface area contributed by atoms with Crippen molar-refractivity contribution in [2.24, 2.45) is 53.3 Å². The Labute approximate surface area is 110 Å². The molecule has 2 aliphatic heterocycles. The zero-order valence-corrected chi connectivity index (χ0v) is 11.4. The molecule has 2 saturated heterocycles. The van der Waals surface area contributed by atoms with Crippen LogP contribution in [0.15, 0.2) is 0 Å². The van der Waals surface area contributed by atoms with Gasteiger partial charge in [0, 0.05) is 12.1 Å². The summed E-state index contributed by atoms with van der Waals surface area (Å²) in [5.41, 5.74) is 0. The third-order valence-corrected chi connectivity index (χ3v) is 8.46. The summed E-state index contributed by atoms with van der Waals surface area (Å²) < 4.78 is 0. The molecule has 7 rings (SSSR count). The number of nitrogens with one attached hydrogen (secondary N) is 1. The Morgan fingerprint density at radius 2 is 1.50 bits per heavy atom. The van der Waals surface area contributed by atoms with Crippen molar-refractivity contribution < 1.29 is 0 Å². The smallest absolute Gasteiger partial charge is 0.0132 e. The van der Waals surface area contributed by atoms with Gasteiger partial charge in [-0.05, 0) is 92.3 Å². The first-order valence-electron chi connectivity index (χ1n) is 8.59. The van der Waals surface area contributed by atoms with Gasteiger partial charge in [-0.3, -0.25) is 0 Å². The van der Waals surface area contributed by atoms with E-state index in [0.29, 0.717) is 0 Å². The average Bonchev–Trinajstić information content (AvgIpc) is 2.91. The molecule has 0 amide bonds. The Hall–Kier alpha value is -0.0400. The van der Waals surface area contributed by atoms with Crippen molar-refractivity contribution in [1.29, 1.82) is 0 Å². The molecule has 0 aromatic heterocycles. The summed E-state index contributed by atoms with van der Waals surface area (Å²) in [6.45, 7) is 2.53. The van der Waals surface area contributed by atoms with Crippen LogP contribution in [0.3, 0.4) is 0 Å². The van der Waals surface area contributed by atoms with Crippen molar-refractivity contribution in [2.45, 2.75) is 51.1 Å². The molecule has 11 atom stereocenters. The molecular weight excluding hydrogens is 218 g/mol. The molecule has 98 valence electrons. The number of hydrogen-bond donors (Lipinski definition) is 1. The second kappa shape index (κ2) is 2.85. The van der Waals surface area contributed by atoms with E-state index in [-0.39, 0.29) is 0 Å². The predicted molar refractivity (Wildman–Crippen MR) is 70.9 cm³/mol. The molecule has 5 aliphatic carbocycles. The van der Waals surface area contributed by atoms with Crippen LogP contribution < -0.4 is 5.32 Å². The lowest BCUT2D eigenvalue weighted by molar-refractivity contribution is -0.00913. The lowest BCUT2D eigenvalue weighted by atomic mass is 9.55. The minimum Gasteiger partial charge on any atom is -0.311 e. The molecule has 2 heterocycles. The third kappa shape index (κ3) is 0.901. The standard InChI is InChI=1S/C17H25N/c1-7-15-9-2-3-10(9)16-13(15)6-14(16)17(18-7)12-5-8-4-11(8)12/h7-18H,2-6H2,1H3/t7-,8?,9?,10?,11?,12?,13?,14?,15?,16?,17?/m1/s1. The Balaban J connectivity index is 1.37. The van der Waals surface area contributed by atoms with Crippen molar-refractivity contribution in [3.8, 4) is 0 Å². The molecule has 4 bridgehead atoms. The van der Waals surface area contributed by atoms with Crippen LogP contribution in [0.1, 0.15) is 39.0 Å². The van der Waals surface area contributed by atoms with Crippen LogP contribution >= 0.6 is 0 Å². The van der Waals surface area contributed by atoms with Gasteiger partial charge in [0.2, 0.25) is 0 Å². The van der Waals surface area contributed by atoms with E-state index in [2.05, 4.69) is 12.2 Å². The molecule has 5 saturated carbocycles. The minimum absolute atomic E-state index is 0.836. The Morgan fingerprint density at radius 3 is 2.17 bits per heavy atom. The lowest BCUT2D eigenvalue weighted by Gasteiger charge is -2.52. The van der Waals surface area contributed by atoms with Crippen LogP contribution in [-0.2, 0) is 0 Å². The maximum absolute atomic E-state index is 4.15. The molecule has 0 spiro atoms. The highest BCUT2D eigenvalue weighted by molar-refractivity contribution is 5.19. The Kier molecular flexibility index (Phi) is 1.55. The van der Waals surface area contributed by atoms with Gasteiger partial charge in [-0.15, -0.1) is 0 Å². The van der Waals surface area contributed by atoms with Crippen molar-refractivity contribution >= 4 is 0 Å². The monoisotopic (exact) mass is 243 g/mol. The van der Waals surface area contributed by atoms with E-state index >= 15 is 0 Å². The van der Waals surface area contributed by atoms with Gasteiger partial charge >= 0.3 is 0 Å². The summed E-state index contributed by atoms with van der Waals surface area (Å²) >= 11 is 0. The van der Waals surface area contributed by atoms with Crippen LogP contribution in [0.5, 0.6) is 0 Å². The summed E-state index contributed by atoms with van der Waals surface area (Å²) in [6.07, 6.45) is 7.95. The van der Waals surface area contributed by atoms with Crippen molar-refractivity contribution in [3.63, 3.8) is 0 Å². The third-order valence-electron chi connectivity index (χ3n) is 8.46. The number of rotatable bonds is 1. The van der Waals surface area contributed by atoms with Gasteiger partial charge in [0.1, 0.15) is 0 Å². The fourth-order valence-electron chi connectivity index (χ4n) is 7.54. The molecule has 10 unspecified atom stereocenters. The van der Waals surface area contributed by atoms with E-state index in [1.54, 1.807) is 32.1 Å². The van der Waals surface area contributed by atoms with Gasteiger partial charge in [-0.2, -0.15) is 0 Å². The summed E-state index contributed by atoms with van der Waals surface area (Å²) in [5.74, 6) is 10.3. The SMILES string of the molecule is C[C@H]1NC(C2CC3CC32)C2CC3C2C2CCC2C31. The summed E-state index contributed by atoms with van der Waals surface area (Å²) in [7, 11) is 0. The second-order valence-corrected chi connectivity index (χ2v) is 8.66. The van der Waals surface area contributed by atoms with Gasteiger partial charge in [0.25, 0.3) is 0 Å². The Bertz CT molecular complexity index is 418. The van der Waals surface area contributed by atoms with E-state index in [0.717, 1.165) is 41.7 Å². The molecule has 7 fully saturated rings. The van der Waals surface area contributed by atoms with Gasteiger partial charge in [-0.25, -0.2) is 0 Å². The maximum atomic E-state index is 4.15. The molecule has 1 nitrogen and oxygen atoms in total. The highest BCUT2D eigenvalue weighted by Crippen LogP contribution is 2.71. The van der Waals surface area contributed by atoms with E-state index in [4.69, 9.17) is 0 Å². The van der Waals surface area contributed by atoms with Crippen LogP contribution in [0.2, 0.25) is 0 Å². The second-order valence-electron chi connectivity index (χ2n) is 8.66. The van der Waals surface area contributed by atoms with Crippen LogP contribution in [0, 0.1) is 53.3 Å². The molecular formula is C17H25N. The number of hydrogen-bond acceptors (Lipinski definition) is 1. The average molecular weight is 243 g/mol. The first kappa shape index (κ1) is 9.80. The first-order chi connectivity index (χ1) is 8.83. The van der Waals surface area contributed by atoms with Gasteiger partial charge in [0.15, 0.2) is 0 Å². The summed E-state index contributed by atoms with van der Waals surface area (Å²) in [4.78, 5) is 0. The summed E-state index contributed by atoms with van der Waals surface area (Å²) in [6, 6.07) is 1.78. The predicted octanol–water partition coefficient (Wildman–Crippen LogP) is 2.91. The highest BCUT2D eigenvalue weighted by Gasteiger charge is 2.68.